The van der Waals surface area contributed by atoms with Gasteiger partial charge in [-0.2, -0.15) is 0 Å². The SMILES string of the molecule is Clc1ccccc1C1CCc2oc(-c3ccccn3)nc2C1. The van der Waals surface area contributed by atoms with Crippen molar-refractivity contribution < 1.29 is 4.42 Å². The monoisotopic (exact) mass is 310 g/mol. The summed E-state index contributed by atoms with van der Waals surface area (Å²) in [7, 11) is 0. The van der Waals surface area contributed by atoms with Crippen molar-refractivity contribution in [1.82, 2.24) is 9.97 Å². The van der Waals surface area contributed by atoms with Gasteiger partial charge in [-0.15, -0.1) is 0 Å². The Balaban J connectivity index is 1.64. The van der Waals surface area contributed by atoms with E-state index in [4.69, 9.17) is 16.0 Å². The standard InChI is InChI=1S/C18H15ClN2O/c19-14-6-2-1-5-13(14)12-8-9-17-16(11-12)21-18(22-17)15-7-3-4-10-20-15/h1-7,10,12H,8-9,11H2. The maximum Gasteiger partial charge on any atom is 0.245 e. The molecule has 0 radical (unpaired) electrons. The van der Waals surface area contributed by atoms with E-state index in [0.29, 0.717) is 11.8 Å². The number of nitrogens with zero attached hydrogens (tertiary/aromatic N) is 2. The number of hydrogen-bond donors (Lipinski definition) is 0. The third kappa shape index (κ3) is 2.42. The topological polar surface area (TPSA) is 38.9 Å². The van der Waals surface area contributed by atoms with Crippen molar-refractivity contribution in [2.75, 3.05) is 0 Å². The second kappa shape index (κ2) is 5.58. The van der Waals surface area contributed by atoms with Crippen molar-refractivity contribution in [2.45, 2.75) is 25.2 Å². The van der Waals surface area contributed by atoms with Gasteiger partial charge in [-0.1, -0.05) is 35.9 Å². The molecule has 1 atom stereocenters. The lowest BCUT2D eigenvalue weighted by Crippen LogP contribution is -2.12. The van der Waals surface area contributed by atoms with Crippen LogP contribution in [0.5, 0.6) is 0 Å². The van der Waals surface area contributed by atoms with Crippen LogP contribution in [-0.2, 0) is 12.8 Å². The van der Waals surface area contributed by atoms with E-state index in [1.54, 1.807) is 6.20 Å². The van der Waals surface area contributed by atoms with Gasteiger partial charge in [0.2, 0.25) is 5.89 Å². The molecule has 4 rings (SSSR count). The first-order valence-electron chi connectivity index (χ1n) is 7.45. The maximum atomic E-state index is 6.33. The molecule has 1 aliphatic carbocycles. The van der Waals surface area contributed by atoms with E-state index in [9.17, 15) is 0 Å². The Morgan fingerprint density at radius 2 is 1.95 bits per heavy atom. The molecule has 0 saturated heterocycles. The Labute approximate surface area is 134 Å². The number of oxazole rings is 1. The molecule has 1 unspecified atom stereocenters. The third-order valence-electron chi connectivity index (χ3n) is 4.17. The first-order valence-corrected chi connectivity index (χ1v) is 7.83. The van der Waals surface area contributed by atoms with Crippen LogP contribution < -0.4 is 0 Å². The van der Waals surface area contributed by atoms with Gasteiger partial charge in [0.05, 0.1) is 5.69 Å². The van der Waals surface area contributed by atoms with Crippen LogP contribution in [-0.4, -0.2) is 9.97 Å². The van der Waals surface area contributed by atoms with Gasteiger partial charge < -0.3 is 4.42 Å². The van der Waals surface area contributed by atoms with Gasteiger partial charge in [-0.25, -0.2) is 4.98 Å². The molecule has 2 aromatic heterocycles. The number of aryl methyl sites for hydroxylation is 1. The van der Waals surface area contributed by atoms with E-state index < -0.39 is 0 Å². The summed E-state index contributed by atoms with van der Waals surface area (Å²) in [6.07, 6.45) is 4.55. The first kappa shape index (κ1) is 13.5. The lowest BCUT2D eigenvalue weighted by Gasteiger charge is -2.21. The van der Waals surface area contributed by atoms with Gasteiger partial charge in [-0.05, 0) is 36.1 Å². The summed E-state index contributed by atoms with van der Waals surface area (Å²) in [5.74, 6) is 2.01. The van der Waals surface area contributed by atoms with Crippen LogP contribution in [0.1, 0.15) is 29.4 Å². The molecular formula is C18H15ClN2O. The van der Waals surface area contributed by atoms with E-state index in [1.807, 2.05) is 36.4 Å². The number of halogens is 1. The average Bonchev–Trinajstić information content (AvgIpc) is 2.99. The lowest BCUT2D eigenvalue weighted by molar-refractivity contribution is 0.464. The minimum Gasteiger partial charge on any atom is -0.440 e. The summed E-state index contributed by atoms with van der Waals surface area (Å²) in [5.41, 5.74) is 3.03. The van der Waals surface area contributed by atoms with Gasteiger partial charge in [0, 0.05) is 24.1 Å². The number of fused-ring (bicyclic) bond motifs is 1. The molecule has 0 spiro atoms. The Morgan fingerprint density at radius 3 is 2.77 bits per heavy atom. The summed E-state index contributed by atoms with van der Waals surface area (Å²) >= 11 is 6.33. The van der Waals surface area contributed by atoms with Crippen molar-refractivity contribution in [2.24, 2.45) is 0 Å². The number of hydrogen-bond acceptors (Lipinski definition) is 3. The molecule has 3 aromatic rings. The first-order chi connectivity index (χ1) is 10.8. The number of pyridine rings is 1. The summed E-state index contributed by atoms with van der Waals surface area (Å²) < 4.78 is 5.90. The molecule has 0 saturated carbocycles. The second-order valence-corrected chi connectivity index (χ2v) is 5.97. The van der Waals surface area contributed by atoms with Gasteiger partial charge in [0.25, 0.3) is 0 Å². The Morgan fingerprint density at radius 1 is 1.09 bits per heavy atom. The van der Waals surface area contributed by atoms with E-state index in [2.05, 4.69) is 16.0 Å². The predicted molar refractivity (Wildman–Crippen MR) is 86.0 cm³/mol. The molecule has 0 bridgehead atoms. The normalized spacial score (nSPS) is 17.2. The molecular weight excluding hydrogens is 296 g/mol. The van der Waals surface area contributed by atoms with E-state index in [1.165, 1.54) is 5.56 Å². The van der Waals surface area contributed by atoms with Crippen LogP contribution in [0.4, 0.5) is 0 Å². The summed E-state index contributed by atoms with van der Waals surface area (Å²) in [5, 5.41) is 0.837. The van der Waals surface area contributed by atoms with E-state index >= 15 is 0 Å². The third-order valence-corrected chi connectivity index (χ3v) is 4.51. The number of rotatable bonds is 2. The van der Waals surface area contributed by atoms with Gasteiger partial charge in [0.15, 0.2) is 0 Å². The van der Waals surface area contributed by atoms with Crippen molar-refractivity contribution >= 4 is 11.6 Å². The molecule has 0 N–H and O–H groups in total. The van der Waals surface area contributed by atoms with Gasteiger partial charge in [-0.3, -0.25) is 4.98 Å². The predicted octanol–water partition coefficient (Wildman–Crippen LogP) is 4.66. The van der Waals surface area contributed by atoms with Crippen LogP contribution in [0.15, 0.2) is 53.1 Å². The van der Waals surface area contributed by atoms with Crippen molar-refractivity contribution in [3.63, 3.8) is 0 Å². The fourth-order valence-corrected chi connectivity index (χ4v) is 3.34. The fourth-order valence-electron chi connectivity index (χ4n) is 3.05. The zero-order valence-electron chi connectivity index (χ0n) is 12.0. The smallest absolute Gasteiger partial charge is 0.245 e. The second-order valence-electron chi connectivity index (χ2n) is 5.57. The summed E-state index contributed by atoms with van der Waals surface area (Å²) in [4.78, 5) is 8.96. The molecule has 0 aliphatic heterocycles. The quantitative estimate of drug-likeness (QED) is 0.691. The molecule has 0 fully saturated rings. The minimum absolute atomic E-state index is 0.405. The highest BCUT2D eigenvalue weighted by Gasteiger charge is 2.26. The van der Waals surface area contributed by atoms with E-state index in [-0.39, 0.29) is 0 Å². The molecule has 0 amide bonds. The lowest BCUT2D eigenvalue weighted by atomic mass is 9.85. The highest BCUT2D eigenvalue weighted by molar-refractivity contribution is 6.31. The highest BCUT2D eigenvalue weighted by Crippen LogP contribution is 2.36. The Bertz CT molecular complexity index is 798. The number of benzene rings is 1. The largest absolute Gasteiger partial charge is 0.440 e. The van der Waals surface area contributed by atoms with Crippen molar-refractivity contribution in [3.8, 4) is 11.6 Å². The average molecular weight is 311 g/mol. The molecule has 2 heterocycles. The molecule has 4 heteroatoms. The Kier molecular flexibility index (Phi) is 3.43. The number of aromatic nitrogens is 2. The maximum absolute atomic E-state index is 6.33. The molecule has 3 nitrogen and oxygen atoms in total. The Hall–Kier alpha value is -2.13. The highest BCUT2D eigenvalue weighted by atomic mass is 35.5. The zero-order chi connectivity index (χ0) is 14.9. The van der Waals surface area contributed by atoms with Crippen molar-refractivity contribution in [3.05, 3.63) is 70.7 Å². The van der Waals surface area contributed by atoms with Gasteiger partial charge >= 0.3 is 0 Å². The van der Waals surface area contributed by atoms with Crippen molar-refractivity contribution in [1.29, 1.82) is 0 Å². The molecule has 110 valence electrons. The summed E-state index contributed by atoms with van der Waals surface area (Å²) in [6.45, 7) is 0. The fraction of sp³-hybridized carbons (Fsp3) is 0.222. The van der Waals surface area contributed by atoms with Gasteiger partial charge in [0.1, 0.15) is 11.5 Å². The van der Waals surface area contributed by atoms with E-state index in [0.717, 1.165) is 41.4 Å². The molecule has 1 aromatic carbocycles. The molecule has 22 heavy (non-hydrogen) atoms. The minimum atomic E-state index is 0.405. The zero-order valence-corrected chi connectivity index (χ0v) is 12.8. The van der Waals surface area contributed by atoms with Crippen LogP contribution in [0.25, 0.3) is 11.6 Å². The molecule has 1 aliphatic rings. The van der Waals surface area contributed by atoms with Crippen LogP contribution in [0, 0.1) is 0 Å². The van der Waals surface area contributed by atoms with Crippen LogP contribution in [0.3, 0.4) is 0 Å². The van der Waals surface area contributed by atoms with Crippen LogP contribution in [0.2, 0.25) is 5.02 Å². The van der Waals surface area contributed by atoms with Crippen LogP contribution >= 0.6 is 11.6 Å². The summed E-state index contributed by atoms with van der Waals surface area (Å²) in [6, 6.07) is 13.8.